The molecule has 8 heteroatoms. The lowest BCUT2D eigenvalue weighted by atomic mass is 9.82. The molecule has 0 aromatic rings. The predicted molar refractivity (Wildman–Crippen MR) is 101 cm³/mol. The first-order valence-corrected chi connectivity index (χ1v) is 10.2. The van der Waals surface area contributed by atoms with Gasteiger partial charge in [-0.15, -0.1) is 0 Å². The fraction of sp³-hybridized carbons (Fsp3) is 0.692. The molecule has 0 aromatic carbocycles. The van der Waals surface area contributed by atoms with Crippen LogP contribution >= 0.6 is 101 Å². The molecular weight excluding hydrogens is 529 g/mol. The van der Waals surface area contributed by atoms with Crippen LogP contribution < -0.4 is 0 Å². The third-order valence-corrected chi connectivity index (χ3v) is 10.8. The van der Waals surface area contributed by atoms with Gasteiger partial charge in [-0.3, -0.25) is 0 Å². The van der Waals surface area contributed by atoms with Gasteiger partial charge in [0, 0.05) is 5.92 Å². The van der Waals surface area contributed by atoms with Gasteiger partial charge in [0.15, 0.2) is 13.0 Å². The third kappa shape index (κ3) is 2.06. The maximum atomic E-state index is 6.76. The summed E-state index contributed by atoms with van der Waals surface area (Å²) < 4.78 is -5.29. The number of allylic oxidation sites excluding steroid dienone is 4. The first-order valence-electron chi connectivity index (χ1n) is 6.33. The van der Waals surface area contributed by atoms with E-state index < -0.39 is 21.6 Å². The standard InChI is InChI=1S/C13H10Br2Cl6/c14-9(15)5-2-6-10(16,17)12(18,19)13(20,21)11(9)7-3-1-4-8(7)11/h1,3-4,7H,2,5-6H2. The molecule has 0 aliphatic heterocycles. The molecule has 2 saturated carbocycles. The van der Waals surface area contributed by atoms with Gasteiger partial charge in [-0.25, -0.2) is 0 Å². The lowest BCUT2D eigenvalue weighted by Crippen LogP contribution is -2.60. The molecule has 2 unspecified atom stereocenters. The van der Waals surface area contributed by atoms with E-state index in [4.69, 9.17) is 69.6 Å². The Morgan fingerprint density at radius 1 is 0.952 bits per heavy atom. The van der Waals surface area contributed by atoms with Gasteiger partial charge in [-0.2, -0.15) is 0 Å². The summed E-state index contributed by atoms with van der Waals surface area (Å²) in [5.41, 5.74) is 0.384. The highest BCUT2D eigenvalue weighted by atomic mass is 79.9. The van der Waals surface area contributed by atoms with E-state index in [0.717, 1.165) is 18.4 Å². The first kappa shape index (κ1) is 18.0. The normalized spacial score (nSPS) is 41.1. The molecule has 0 aromatic heterocycles. The molecule has 118 valence electrons. The molecule has 0 bridgehead atoms. The summed E-state index contributed by atoms with van der Waals surface area (Å²) in [6.07, 6.45) is 7.86. The van der Waals surface area contributed by atoms with Crippen LogP contribution in [0.5, 0.6) is 0 Å². The fourth-order valence-corrected chi connectivity index (χ4v) is 8.43. The van der Waals surface area contributed by atoms with Crippen LogP contribution in [-0.2, 0) is 0 Å². The highest BCUT2D eigenvalue weighted by molar-refractivity contribution is 9.25. The molecular formula is C13H10Br2Cl6. The van der Waals surface area contributed by atoms with E-state index in [9.17, 15) is 0 Å². The molecule has 21 heavy (non-hydrogen) atoms. The Morgan fingerprint density at radius 3 is 2.10 bits per heavy atom. The van der Waals surface area contributed by atoms with Crippen LogP contribution in [0.1, 0.15) is 19.3 Å². The van der Waals surface area contributed by atoms with Crippen LogP contribution in [-0.4, -0.2) is 16.2 Å². The monoisotopic (exact) mass is 534 g/mol. The second-order valence-corrected chi connectivity index (χ2v) is 13.6. The van der Waals surface area contributed by atoms with Gasteiger partial charge < -0.3 is 0 Å². The minimum absolute atomic E-state index is 0.0605. The van der Waals surface area contributed by atoms with Gasteiger partial charge in [0.1, 0.15) is 0 Å². The first-order chi connectivity index (χ1) is 9.43. The van der Waals surface area contributed by atoms with Crippen molar-refractivity contribution in [1.29, 1.82) is 0 Å². The Kier molecular flexibility index (Phi) is 4.37. The summed E-state index contributed by atoms with van der Waals surface area (Å²) in [4.78, 5) is 0. The highest BCUT2D eigenvalue weighted by Crippen LogP contribution is 2.83. The molecule has 3 aliphatic carbocycles. The predicted octanol–water partition coefficient (Wildman–Crippen LogP) is 7.29. The molecule has 3 aliphatic rings. The Morgan fingerprint density at radius 2 is 1.57 bits per heavy atom. The molecule has 0 saturated heterocycles. The molecule has 0 heterocycles. The van der Waals surface area contributed by atoms with Gasteiger partial charge in [0.05, 0.1) is 8.65 Å². The number of fused-ring (bicyclic) bond motifs is 3. The number of halogens is 8. The van der Waals surface area contributed by atoms with Crippen LogP contribution in [0.2, 0.25) is 0 Å². The Hall–Kier alpha value is 2.18. The van der Waals surface area contributed by atoms with Crippen LogP contribution in [0.25, 0.3) is 0 Å². The smallest absolute Gasteiger partial charge is 0.0982 e. The van der Waals surface area contributed by atoms with Crippen LogP contribution in [0.15, 0.2) is 23.8 Å². The maximum absolute atomic E-state index is 6.76. The summed E-state index contributed by atoms with van der Waals surface area (Å²) in [7, 11) is 0. The van der Waals surface area contributed by atoms with E-state index in [2.05, 4.69) is 31.9 Å². The van der Waals surface area contributed by atoms with Crippen molar-refractivity contribution in [2.24, 2.45) is 11.3 Å². The lowest BCUT2D eigenvalue weighted by molar-refractivity contribution is 0.311. The van der Waals surface area contributed by atoms with Crippen LogP contribution in [0, 0.1) is 11.3 Å². The minimum atomic E-state index is -1.74. The molecule has 0 radical (unpaired) electrons. The van der Waals surface area contributed by atoms with Gasteiger partial charge in [0.25, 0.3) is 0 Å². The zero-order valence-electron chi connectivity index (χ0n) is 10.5. The number of hydrogen-bond donors (Lipinski definition) is 0. The number of rotatable bonds is 0. The Balaban J connectivity index is 2.20. The van der Waals surface area contributed by atoms with E-state index in [1.165, 1.54) is 0 Å². The van der Waals surface area contributed by atoms with E-state index in [1.54, 1.807) is 0 Å². The molecule has 1 spiro atoms. The average molecular weight is 539 g/mol. The zero-order valence-corrected chi connectivity index (χ0v) is 18.2. The van der Waals surface area contributed by atoms with Crippen molar-refractivity contribution in [1.82, 2.24) is 0 Å². The average Bonchev–Trinajstić information content (AvgIpc) is 2.75. The summed E-state index contributed by atoms with van der Waals surface area (Å²) >= 11 is 46.9. The topological polar surface area (TPSA) is 0 Å². The van der Waals surface area contributed by atoms with Gasteiger partial charge >= 0.3 is 0 Å². The SMILES string of the molecule is ClC1(Cl)CCCC(Br)(Br)C2(C3=CC=CC32)C(Cl)(Cl)C1(Cl)Cl. The van der Waals surface area contributed by atoms with Crippen molar-refractivity contribution >= 4 is 101 Å². The third-order valence-electron chi connectivity index (χ3n) is 4.66. The summed E-state index contributed by atoms with van der Waals surface area (Å²) in [6.45, 7) is 0. The van der Waals surface area contributed by atoms with E-state index in [1.807, 2.05) is 18.2 Å². The van der Waals surface area contributed by atoms with E-state index in [-0.39, 0.29) is 5.92 Å². The molecule has 0 N–H and O–H groups in total. The van der Waals surface area contributed by atoms with Gasteiger partial charge in [0.2, 0.25) is 0 Å². The second kappa shape index (κ2) is 5.10. The van der Waals surface area contributed by atoms with Crippen molar-refractivity contribution in [2.45, 2.75) is 35.5 Å². The summed E-state index contributed by atoms with van der Waals surface area (Å²) in [5.74, 6) is 0.0605. The second-order valence-electron chi connectivity index (χ2n) is 5.70. The molecule has 0 amide bonds. The molecule has 2 fully saturated rings. The Bertz CT molecular complexity index is 551. The van der Waals surface area contributed by atoms with Gasteiger partial charge in [-0.05, 0) is 24.8 Å². The van der Waals surface area contributed by atoms with Gasteiger partial charge in [-0.1, -0.05) is 120 Å². The van der Waals surface area contributed by atoms with Crippen molar-refractivity contribution < 1.29 is 0 Å². The fourth-order valence-electron chi connectivity index (χ4n) is 3.54. The lowest BCUT2D eigenvalue weighted by Gasteiger charge is -2.51. The summed E-state index contributed by atoms with van der Waals surface area (Å²) in [6, 6.07) is 0. The molecule has 0 nitrogen and oxygen atoms in total. The van der Waals surface area contributed by atoms with Crippen LogP contribution in [0.4, 0.5) is 0 Å². The minimum Gasteiger partial charge on any atom is -0.0982 e. The Labute approximate surface area is 170 Å². The quantitative estimate of drug-likeness (QED) is 0.284. The number of hydrogen-bond acceptors (Lipinski definition) is 0. The molecule has 3 rings (SSSR count). The highest BCUT2D eigenvalue weighted by Gasteiger charge is 2.84. The van der Waals surface area contributed by atoms with Crippen molar-refractivity contribution in [3.8, 4) is 0 Å². The summed E-state index contributed by atoms with van der Waals surface area (Å²) in [5, 5.41) is 0. The van der Waals surface area contributed by atoms with E-state index >= 15 is 0 Å². The van der Waals surface area contributed by atoms with Crippen molar-refractivity contribution in [3.63, 3.8) is 0 Å². The van der Waals surface area contributed by atoms with Crippen molar-refractivity contribution in [2.75, 3.05) is 0 Å². The largest absolute Gasteiger partial charge is 0.184 e. The maximum Gasteiger partial charge on any atom is 0.184 e. The van der Waals surface area contributed by atoms with Crippen molar-refractivity contribution in [3.05, 3.63) is 23.8 Å². The zero-order chi connectivity index (χ0) is 15.9. The van der Waals surface area contributed by atoms with E-state index in [0.29, 0.717) is 6.42 Å². The number of alkyl halides is 8. The van der Waals surface area contributed by atoms with Crippen LogP contribution in [0.3, 0.4) is 0 Å². The molecule has 2 atom stereocenters.